The minimum absolute atomic E-state index is 0.103. The van der Waals surface area contributed by atoms with Gasteiger partial charge < -0.3 is 13.9 Å². The fraction of sp³-hybridized carbons (Fsp3) is 0.227. The molecule has 0 bridgehead atoms. The van der Waals surface area contributed by atoms with Crippen molar-refractivity contribution in [2.75, 3.05) is 11.9 Å². The molecule has 8 heteroatoms. The second-order valence-electron chi connectivity index (χ2n) is 7.34. The van der Waals surface area contributed by atoms with E-state index in [1.54, 1.807) is 12.1 Å². The van der Waals surface area contributed by atoms with Crippen LogP contribution in [0.2, 0.25) is 0 Å². The summed E-state index contributed by atoms with van der Waals surface area (Å²) >= 11 is 1.41. The number of para-hydroxylation sites is 1. The molecular weight excluding hydrogens is 400 g/mol. The first-order chi connectivity index (χ1) is 14.6. The molecule has 1 N–H and O–H groups in total. The third-order valence-corrected chi connectivity index (χ3v) is 6.37. The minimum Gasteiger partial charge on any atom is -0.459 e. The van der Waals surface area contributed by atoms with Crippen molar-refractivity contribution in [3.05, 3.63) is 70.8 Å². The molecule has 3 aromatic heterocycles. The SMILES string of the molecule is Cn1cc(CC(=O)N2CCc3nc(NC(=O)c4ccco4)sc3C2)c2ccccc21. The van der Waals surface area contributed by atoms with Gasteiger partial charge in [0, 0.05) is 42.0 Å². The summed E-state index contributed by atoms with van der Waals surface area (Å²) in [7, 11) is 2.00. The summed E-state index contributed by atoms with van der Waals surface area (Å²) in [5.41, 5.74) is 3.11. The van der Waals surface area contributed by atoms with E-state index in [-0.39, 0.29) is 17.6 Å². The lowest BCUT2D eigenvalue weighted by molar-refractivity contribution is -0.131. The van der Waals surface area contributed by atoms with Gasteiger partial charge in [-0.15, -0.1) is 0 Å². The number of furan rings is 1. The molecule has 0 aliphatic carbocycles. The van der Waals surface area contributed by atoms with Crippen LogP contribution >= 0.6 is 11.3 Å². The molecule has 1 aliphatic heterocycles. The van der Waals surface area contributed by atoms with Gasteiger partial charge in [-0.2, -0.15) is 0 Å². The van der Waals surface area contributed by atoms with Crippen molar-refractivity contribution in [2.45, 2.75) is 19.4 Å². The van der Waals surface area contributed by atoms with Crippen LogP contribution in [-0.2, 0) is 31.2 Å². The maximum atomic E-state index is 13.0. The number of benzene rings is 1. The summed E-state index contributed by atoms with van der Waals surface area (Å²) in [5.74, 6) is 0.0247. The number of fused-ring (bicyclic) bond motifs is 2. The molecular formula is C22H20N4O3S. The van der Waals surface area contributed by atoms with Gasteiger partial charge in [0.25, 0.3) is 5.91 Å². The van der Waals surface area contributed by atoms with Gasteiger partial charge in [0.2, 0.25) is 5.91 Å². The van der Waals surface area contributed by atoms with E-state index in [0.29, 0.717) is 31.1 Å². The first-order valence-electron chi connectivity index (χ1n) is 9.72. The van der Waals surface area contributed by atoms with Gasteiger partial charge in [-0.3, -0.25) is 14.9 Å². The first-order valence-corrected chi connectivity index (χ1v) is 10.5. The van der Waals surface area contributed by atoms with Crippen LogP contribution in [-0.4, -0.2) is 32.8 Å². The van der Waals surface area contributed by atoms with E-state index >= 15 is 0 Å². The van der Waals surface area contributed by atoms with Crippen molar-refractivity contribution in [1.82, 2.24) is 14.5 Å². The molecule has 0 unspecified atom stereocenters. The molecule has 152 valence electrons. The Morgan fingerprint density at radius 3 is 2.93 bits per heavy atom. The normalized spacial score (nSPS) is 13.4. The second kappa shape index (κ2) is 7.46. The Hall–Kier alpha value is -3.39. The zero-order valence-corrected chi connectivity index (χ0v) is 17.2. The van der Waals surface area contributed by atoms with E-state index in [0.717, 1.165) is 27.0 Å². The maximum absolute atomic E-state index is 13.0. The lowest BCUT2D eigenvalue weighted by Crippen LogP contribution is -2.36. The number of rotatable bonds is 4. The van der Waals surface area contributed by atoms with Crippen LogP contribution in [0.4, 0.5) is 5.13 Å². The minimum atomic E-state index is -0.324. The van der Waals surface area contributed by atoms with Crippen LogP contribution in [0, 0.1) is 0 Å². The van der Waals surface area contributed by atoms with Crippen LogP contribution in [0.25, 0.3) is 10.9 Å². The molecule has 0 saturated heterocycles. The Kier molecular flexibility index (Phi) is 4.63. The number of thiazole rings is 1. The standard InChI is InChI=1S/C22H20N4O3S/c1-25-12-14(15-5-2-3-6-17(15)25)11-20(27)26-9-8-16-19(13-26)30-22(23-16)24-21(28)18-7-4-10-29-18/h2-7,10,12H,8-9,11,13H2,1H3,(H,23,24,28). The molecule has 4 heterocycles. The summed E-state index contributed by atoms with van der Waals surface area (Å²) in [6, 6.07) is 11.4. The van der Waals surface area contributed by atoms with Gasteiger partial charge in [-0.05, 0) is 23.8 Å². The topological polar surface area (TPSA) is 80.4 Å². The molecule has 0 spiro atoms. The molecule has 0 atom stereocenters. The van der Waals surface area contributed by atoms with Gasteiger partial charge in [0.1, 0.15) is 0 Å². The number of anilines is 1. The molecule has 1 aliphatic rings. The summed E-state index contributed by atoms with van der Waals surface area (Å²) in [5, 5.41) is 4.43. The smallest absolute Gasteiger partial charge is 0.293 e. The second-order valence-corrected chi connectivity index (χ2v) is 8.43. The molecule has 0 saturated carbocycles. The van der Waals surface area contributed by atoms with Gasteiger partial charge in [-0.25, -0.2) is 4.98 Å². The summed E-state index contributed by atoms with van der Waals surface area (Å²) in [4.78, 5) is 32.6. The molecule has 2 amide bonds. The Balaban J connectivity index is 1.29. The quantitative estimate of drug-likeness (QED) is 0.547. The molecule has 30 heavy (non-hydrogen) atoms. The number of carbonyl (C=O) groups is 2. The van der Waals surface area contributed by atoms with Crippen molar-refractivity contribution in [1.29, 1.82) is 0 Å². The zero-order chi connectivity index (χ0) is 20.7. The Labute approximate surface area is 176 Å². The number of nitrogens with one attached hydrogen (secondary N) is 1. The summed E-state index contributed by atoms with van der Waals surface area (Å²) < 4.78 is 7.18. The van der Waals surface area contributed by atoms with Crippen LogP contribution in [0.3, 0.4) is 0 Å². The molecule has 7 nitrogen and oxygen atoms in total. The van der Waals surface area contributed by atoms with Crippen molar-refractivity contribution in [3.63, 3.8) is 0 Å². The van der Waals surface area contributed by atoms with E-state index < -0.39 is 0 Å². The van der Waals surface area contributed by atoms with Crippen molar-refractivity contribution < 1.29 is 14.0 Å². The van der Waals surface area contributed by atoms with Crippen LogP contribution in [0.1, 0.15) is 26.7 Å². The van der Waals surface area contributed by atoms with Gasteiger partial charge in [-0.1, -0.05) is 29.5 Å². The molecule has 0 fully saturated rings. The average Bonchev–Trinajstić information content (AvgIpc) is 3.47. The summed E-state index contributed by atoms with van der Waals surface area (Å²) in [6.07, 6.45) is 4.55. The summed E-state index contributed by atoms with van der Waals surface area (Å²) in [6.45, 7) is 1.15. The van der Waals surface area contributed by atoms with E-state index in [1.807, 2.05) is 30.3 Å². The van der Waals surface area contributed by atoms with E-state index in [9.17, 15) is 9.59 Å². The largest absolute Gasteiger partial charge is 0.459 e. The highest BCUT2D eigenvalue weighted by Crippen LogP contribution is 2.29. The van der Waals surface area contributed by atoms with Crippen molar-refractivity contribution >= 4 is 39.2 Å². The Morgan fingerprint density at radius 1 is 1.23 bits per heavy atom. The number of aryl methyl sites for hydroxylation is 1. The lowest BCUT2D eigenvalue weighted by Gasteiger charge is -2.26. The maximum Gasteiger partial charge on any atom is 0.293 e. The lowest BCUT2D eigenvalue weighted by atomic mass is 10.1. The fourth-order valence-electron chi connectivity index (χ4n) is 3.87. The van der Waals surface area contributed by atoms with E-state index in [1.165, 1.54) is 17.6 Å². The number of amides is 2. The average molecular weight is 420 g/mol. The third kappa shape index (κ3) is 3.39. The van der Waals surface area contributed by atoms with Gasteiger partial charge in [0.05, 0.1) is 24.9 Å². The molecule has 5 rings (SSSR count). The first kappa shape index (κ1) is 18.6. The monoisotopic (exact) mass is 420 g/mol. The third-order valence-electron chi connectivity index (χ3n) is 5.37. The zero-order valence-electron chi connectivity index (χ0n) is 16.4. The predicted molar refractivity (Wildman–Crippen MR) is 115 cm³/mol. The van der Waals surface area contributed by atoms with Crippen molar-refractivity contribution in [3.8, 4) is 0 Å². The highest BCUT2D eigenvalue weighted by atomic mass is 32.1. The van der Waals surface area contributed by atoms with Crippen LogP contribution in [0.15, 0.2) is 53.3 Å². The molecule has 4 aromatic rings. The number of aromatic nitrogens is 2. The van der Waals surface area contributed by atoms with Gasteiger partial charge >= 0.3 is 0 Å². The van der Waals surface area contributed by atoms with Crippen molar-refractivity contribution in [2.24, 2.45) is 7.05 Å². The Morgan fingerprint density at radius 2 is 2.10 bits per heavy atom. The molecule has 1 aromatic carbocycles. The number of hydrogen-bond donors (Lipinski definition) is 1. The number of nitrogens with zero attached hydrogens (tertiary/aromatic N) is 3. The molecule has 0 radical (unpaired) electrons. The Bertz CT molecular complexity index is 1240. The predicted octanol–water partition coefficient (Wildman–Crippen LogP) is 3.61. The number of hydrogen-bond acceptors (Lipinski definition) is 5. The van der Waals surface area contributed by atoms with Gasteiger partial charge in [0.15, 0.2) is 10.9 Å². The number of carbonyl (C=O) groups excluding carboxylic acids is 2. The fourth-order valence-corrected chi connectivity index (χ4v) is 4.89. The van der Waals surface area contributed by atoms with Crippen LogP contribution < -0.4 is 5.32 Å². The highest BCUT2D eigenvalue weighted by molar-refractivity contribution is 7.15. The van der Waals surface area contributed by atoms with E-state index in [4.69, 9.17) is 4.42 Å². The highest BCUT2D eigenvalue weighted by Gasteiger charge is 2.25. The van der Waals surface area contributed by atoms with E-state index in [2.05, 4.69) is 27.0 Å². The van der Waals surface area contributed by atoms with Crippen LogP contribution in [0.5, 0.6) is 0 Å².